The lowest BCUT2D eigenvalue weighted by Gasteiger charge is -2.10. The Bertz CT molecular complexity index is 758. The highest BCUT2D eigenvalue weighted by Crippen LogP contribution is 2.28. The van der Waals surface area contributed by atoms with Crippen molar-refractivity contribution in [3.05, 3.63) is 34.3 Å². The Morgan fingerprint density at radius 2 is 2.16 bits per heavy atom. The monoisotopic (exact) mass is 363 g/mol. The number of hydrazone groups is 1. The Hall–Kier alpha value is -2.61. The van der Waals surface area contributed by atoms with Gasteiger partial charge < -0.3 is 14.2 Å². The Labute approximate surface area is 150 Å². The predicted molar refractivity (Wildman–Crippen MR) is 98.2 cm³/mol. The molecule has 0 bridgehead atoms. The SMILES string of the molecule is CCCOc1ccc(/C=N\Nc2nc(C)c(C(=O)OC)s2)cc1OC. The number of carbonyl (C=O) groups is 1. The lowest BCUT2D eigenvalue weighted by atomic mass is 10.2. The number of thiazole rings is 1. The van der Waals surface area contributed by atoms with Crippen molar-refractivity contribution in [1.29, 1.82) is 0 Å². The number of methoxy groups -OCH3 is 2. The molecule has 8 heteroatoms. The van der Waals surface area contributed by atoms with Crippen LogP contribution in [0, 0.1) is 6.92 Å². The van der Waals surface area contributed by atoms with Crippen LogP contribution in [0.1, 0.15) is 34.3 Å². The number of carbonyl (C=O) groups excluding carboxylic acids is 1. The molecule has 0 aliphatic heterocycles. The van der Waals surface area contributed by atoms with E-state index >= 15 is 0 Å². The molecule has 2 aromatic rings. The molecule has 0 fully saturated rings. The summed E-state index contributed by atoms with van der Waals surface area (Å²) in [5.74, 6) is 0.947. The summed E-state index contributed by atoms with van der Waals surface area (Å²) in [5.41, 5.74) is 4.26. The molecule has 1 aromatic heterocycles. The summed E-state index contributed by atoms with van der Waals surface area (Å²) in [7, 11) is 2.94. The maximum atomic E-state index is 11.6. The summed E-state index contributed by atoms with van der Waals surface area (Å²) in [6, 6.07) is 5.56. The fraction of sp³-hybridized carbons (Fsp3) is 0.353. The molecule has 1 N–H and O–H groups in total. The van der Waals surface area contributed by atoms with E-state index in [1.54, 1.807) is 20.2 Å². The first kappa shape index (κ1) is 18.7. The summed E-state index contributed by atoms with van der Waals surface area (Å²) in [4.78, 5) is 16.3. The van der Waals surface area contributed by atoms with Gasteiger partial charge in [0.1, 0.15) is 4.88 Å². The third-order valence-electron chi connectivity index (χ3n) is 3.19. The number of rotatable bonds is 8. The summed E-state index contributed by atoms with van der Waals surface area (Å²) >= 11 is 1.19. The highest BCUT2D eigenvalue weighted by molar-refractivity contribution is 7.17. The molecule has 0 saturated carbocycles. The molecule has 0 saturated heterocycles. The standard InChI is InChI=1S/C17H21N3O4S/c1-5-8-24-13-7-6-12(9-14(13)22-3)10-18-20-17-19-11(2)15(25-17)16(21)23-4/h6-7,9-10H,5,8H2,1-4H3,(H,19,20)/b18-10-. The minimum Gasteiger partial charge on any atom is -0.493 e. The van der Waals surface area contributed by atoms with Gasteiger partial charge in [-0.1, -0.05) is 18.3 Å². The van der Waals surface area contributed by atoms with Gasteiger partial charge in [-0.15, -0.1) is 0 Å². The van der Waals surface area contributed by atoms with Crippen LogP contribution in [-0.4, -0.2) is 38.0 Å². The molecule has 0 aliphatic carbocycles. The van der Waals surface area contributed by atoms with Crippen molar-refractivity contribution in [1.82, 2.24) is 4.98 Å². The molecule has 0 aliphatic rings. The van der Waals surface area contributed by atoms with E-state index in [0.29, 0.717) is 33.8 Å². The first-order valence-electron chi connectivity index (χ1n) is 7.74. The van der Waals surface area contributed by atoms with Gasteiger partial charge in [0.05, 0.1) is 32.7 Å². The second-order valence-electron chi connectivity index (χ2n) is 5.05. The lowest BCUT2D eigenvalue weighted by molar-refractivity contribution is 0.0605. The van der Waals surface area contributed by atoms with Crippen molar-refractivity contribution in [2.45, 2.75) is 20.3 Å². The fourth-order valence-corrected chi connectivity index (χ4v) is 2.82. The molecule has 0 atom stereocenters. The second kappa shape index (κ2) is 9.03. The van der Waals surface area contributed by atoms with Crippen LogP contribution >= 0.6 is 11.3 Å². The van der Waals surface area contributed by atoms with Gasteiger partial charge in [0, 0.05) is 0 Å². The largest absolute Gasteiger partial charge is 0.493 e. The Kier molecular flexibility index (Phi) is 6.76. The van der Waals surface area contributed by atoms with E-state index in [0.717, 1.165) is 12.0 Å². The fourth-order valence-electron chi connectivity index (χ4n) is 1.98. The molecule has 134 valence electrons. The first-order valence-corrected chi connectivity index (χ1v) is 8.56. The lowest BCUT2D eigenvalue weighted by Crippen LogP contribution is -1.99. The van der Waals surface area contributed by atoms with Gasteiger partial charge in [-0.25, -0.2) is 9.78 Å². The van der Waals surface area contributed by atoms with Crippen molar-refractivity contribution in [3.63, 3.8) is 0 Å². The number of ether oxygens (including phenoxy) is 3. The van der Waals surface area contributed by atoms with E-state index in [2.05, 4.69) is 15.5 Å². The van der Waals surface area contributed by atoms with E-state index in [1.165, 1.54) is 18.4 Å². The zero-order valence-electron chi connectivity index (χ0n) is 14.7. The van der Waals surface area contributed by atoms with E-state index in [-0.39, 0.29) is 0 Å². The molecule has 0 radical (unpaired) electrons. The average Bonchev–Trinajstić information content (AvgIpc) is 3.00. The molecule has 1 aromatic carbocycles. The maximum absolute atomic E-state index is 11.6. The third-order valence-corrected chi connectivity index (χ3v) is 4.23. The van der Waals surface area contributed by atoms with Crippen molar-refractivity contribution in [2.75, 3.05) is 26.3 Å². The minimum atomic E-state index is -0.403. The highest BCUT2D eigenvalue weighted by Gasteiger charge is 2.15. The first-order chi connectivity index (χ1) is 12.1. The van der Waals surface area contributed by atoms with Crippen LogP contribution < -0.4 is 14.9 Å². The van der Waals surface area contributed by atoms with Crippen LogP contribution in [-0.2, 0) is 4.74 Å². The highest BCUT2D eigenvalue weighted by atomic mass is 32.1. The number of hydrogen-bond donors (Lipinski definition) is 1. The Balaban J connectivity index is 2.05. The van der Waals surface area contributed by atoms with E-state index in [9.17, 15) is 4.79 Å². The van der Waals surface area contributed by atoms with E-state index in [1.807, 2.05) is 25.1 Å². The maximum Gasteiger partial charge on any atom is 0.350 e. The number of anilines is 1. The van der Waals surface area contributed by atoms with Gasteiger partial charge in [-0.2, -0.15) is 5.10 Å². The van der Waals surface area contributed by atoms with Crippen LogP contribution in [0.25, 0.3) is 0 Å². The molecule has 2 rings (SSSR count). The van der Waals surface area contributed by atoms with Crippen LogP contribution in [0.4, 0.5) is 5.13 Å². The number of hydrogen-bond acceptors (Lipinski definition) is 8. The van der Waals surface area contributed by atoms with Gasteiger partial charge in [-0.3, -0.25) is 5.43 Å². The Morgan fingerprint density at radius 3 is 2.84 bits per heavy atom. The smallest absolute Gasteiger partial charge is 0.350 e. The molecule has 0 spiro atoms. The normalized spacial score (nSPS) is 10.7. The second-order valence-corrected chi connectivity index (χ2v) is 6.05. The van der Waals surface area contributed by atoms with Gasteiger partial charge in [0.2, 0.25) is 5.13 Å². The van der Waals surface area contributed by atoms with Crippen LogP contribution in [0.2, 0.25) is 0 Å². The molecule has 0 unspecified atom stereocenters. The predicted octanol–water partition coefficient (Wildman–Crippen LogP) is 3.48. The van der Waals surface area contributed by atoms with Crippen molar-refractivity contribution in [3.8, 4) is 11.5 Å². The van der Waals surface area contributed by atoms with Gasteiger partial charge in [0.25, 0.3) is 0 Å². The van der Waals surface area contributed by atoms with E-state index < -0.39 is 5.97 Å². The molecular formula is C17H21N3O4S. The van der Waals surface area contributed by atoms with Gasteiger partial charge in [-0.05, 0) is 37.1 Å². The van der Waals surface area contributed by atoms with Crippen LogP contribution in [0.15, 0.2) is 23.3 Å². The number of nitrogens with one attached hydrogen (secondary N) is 1. The third kappa shape index (κ3) is 4.93. The minimum absolute atomic E-state index is 0.403. The molecule has 25 heavy (non-hydrogen) atoms. The average molecular weight is 363 g/mol. The molecule has 0 amide bonds. The van der Waals surface area contributed by atoms with Crippen LogP contribution in [0.5, 0.6) is 11.5 Å². The number of aromatic nitrogens is 1. The quantitative estimate of drug-likeness (QED) is 0.439. The number of nitrogens with zero attached hydrogens (tertiary/aromatic N) is 2. The van der Waals surface area contributed by atoms with E-state index in [4.69, 9.17) is 14.2 Å². The zero-order valence-corrected chi connectivity index (χ0v) is 15.5. The summed E-state index contributed by atoms with van der Waals surface area (Å²) in [6.07, 6.45) is 2.57. The summed E-state index contributed by atoms with van der Waals surface area (Å²) < 4.78 is 15.7. The van der Waals surface area contributed by atoms with Crippen LogP contribution in [0.3, 0.4) is 0 Å². The van der Waals surface area contributed by atoms with Crippen molar-refractivity contribution < 1.29 is 19.0 Å². The zero-order chi connectivity index (χ0) is 18.2. The van der Waals surface area contributed by atoms with Gasteiger partial charge in [0.15, 0.2) is 11.5 Å². The number of esters is 1. The topological polar surface area (TPSA) is 82.0 Å². The van der Waals surface area contributed by atoms with Crippen molar-refractivity contribution in [2.24, 2.45) is 5.10 Å². The summed E-state index contributed by atoms with van der Waals surface area (Å²) in [6.45, 7) is 4.43. The number of benzene rings is 1. The van der Waals surface area contributed by atoms with Crippen molar-refractivity contribution >= 4 is 28.7 Å². The Morgan fingerprint density at radius 1 is 1.36 bits per heavy atom. The number of aryl methyl sites for hydroxylation is 1. The summed E-state index contributed by atoms with van der Waals surface area (Å²) in [5, 5.41) is 4.66. The molecular weight excluding hydrogens is 342 g/mol. The molecule has 7 nitrogen and oxygen atoms in total. The van der Waals surface area contributed by atoms with Gasteiger partial charge >= 0.3 is 5.97 Å². The molecule has 1 heterocycles.